The summed E-state index contributed by atoms with van der Waals surface area (Å²) in [6, 6.07) is 14.0. The highest BCUT2D eigenvalue weighted by atomic mass is 32.2. The smallest absolute Gasteiger partial charge is 0.238 e. The molecule has 7 heteroatoms. The van der Waals surface area contributed by atoms with Crippen molar-refractivity contribution in [1.29, 1.82) is 5.26 Å². The van der Waals surface area contributed by atoms with Gasteiger partial charge in [-0.05, 0) is 39.3 Å². The van der Waals surface area contributed by atoms with Crippen LogP contribution in [-0.2, 0) is 4.79 Å². The van der Waals surface area contributed by atoms with Crippen LogP contribution in [0, 0.1) is 32.1 Å². The SMILES string of the molecule is Cc1nc(SC(C)C(=O)Nc2sc(C)c(C)c2C#N)cc(-c2ccccc2)n1. The molecule has 0 saturated carbocycles. The van der Waals surface area contributed by atoms with Crippen LogP contribution in [0.5, 0.6) is 0 Å². The van der Waals surface area contributed by atoms with E-state index in [9.17, 15) is 10.1 Å². The van der Waals surface area contributed by atoms with E-state index in [4.69, 9.17) is 0 Å². The van der Waals surface area contributed by atoms with Crippen molar-refractivity contribution in [3.63, 3.8) is 0 Å². The molecule has 0 bridgehead atoms. The molecule has 1 atom stereocenters. The van der Waals surface area contributed by atoms with E-state index in [1.165, 1.54) is 23.1 Å². The van der Waals surface area contributed by atoms with E-state index in [2.05, 4.69) is 21.4 Å². The normalized spacial score (nSPS) is 11.7. The zero-order valence-corrected chi connectivity index (χ0v) is 17.7. The monoisotopic (exact) mass is 408 g/mol. The molecule has 1 N–H and O–H groups in total. The van der Waals surface area contributed by atoms with Crippen LogP contribution in [0.2, 0.25) is 0 Å². The molecule has 3 rings (SSSR count). The largest absolute Gasteiger partial charge is 0.316 e. The molecule has 2 heterocycles. The third-order valence-electron chi connectivity index (χ3n) is 4.28. The van der Waals surface area contributed by atoms with Crippen molar-refractivity contribution in [3.8, 4) is 17.3 Å². The Balaban J connectivity index is 1.77. The first-order chi connectivity index (χ1) is 13.4. The van der Waals surface area contributed by atoms with E-state index < -0.39 is 0 Å². The lowest BCUT2D eigenvalue weighted by Crippen LogP contribution is -2.22. The quantitative estimate of drug-likeness (QED) is 0.468. The first-order valence-corrected chi connectivity index (χ1v) is 10.5. The van der Waals surface area contributed by atoms with E-state index in [1.54, 1.807) is 0 Å². The van der Waals surface area contributed by atoms with Crippen LogP contribution >= 0.6 is 23.1 Å². The summed E-state index contributed by atoms with van der Waals surface area (Å²) >= 11 is 2.81. The van der Waals surface area contributed by atoms with Crippen molar-refractivity contribution < 1.29 is 4.79 Å². The highest BCUT2D eigenvalue weighted by molar-refractivity contribution is 8.00. The van der Waals surface area contributed by atoms with Crippen LogP contribution < -0.4 is 5.32 Å². The number of aromatic nitrogens is 2. The molecule has 0 fully saturated rings. The molecule has 3 aromatic rings. The Labute approximate surface area is 172 Å². The van der Waals surface area contributed by atoms with Crippen molar-refractivity contribution in [2.45, 2.75) is 38.0 Å². The average Bonchev–Trinajstić information content (AvgIpc) is 2.94. The van der Waals surface area contributed by atoms with Crippen molar-refractivity contribution in [2.24, 2.45) is 0 Å². The third kappa shape index (κ3) is 4.41. The maximum absolute atomic E-state index is 12.7. The van der Waals surface area contributed by atoms with Crippen molar-refractivity contribution >= 4 is 34.0 Å². The minimum Gasteiger partial charge on any atom is -0.316 e. The van der Waals surface area contributed by atoms with E-state index in [0.717, 1.165) is 26.7 Å². The van der Waals surface area contributed by atoms with Crippen LogP contribution in [-0.4, -0.2) is 21.1 Å². The van der Waals surface area contributed by atoms with Crippen LogP contribution in [0.4, 0.5) is 5.00 Å². The number of thiophene rings is 1. The fourth-order valence-corrected chi connectivity index (χ4v) is 4.56. The van der Waals surface area contributed by atoms with Gasteiger partial charge in [0.2, 0.25) is 5.91 Å². The number of thioether (sulfide) groups is 1. The van der Waals surface area contributed by atoms with Crippen molar-refractivity contribution in [1.82, 2.24) is 9.97 Å². The van der Waals surface area contributed by atoms with Crippen LogP contribution in [0.1, 0.15) is 28.8 Å². The molecule has 0 aliphatic carbocycles. The number of nitrogens with one attached hydrogen (secondary N) is 1. The first kappa shape index (κ1) is 20.1. The molecule has 1 aromatic carbocycles. The first-order valence-electron chi connectivity index (χ1n) is 8.77. The van der Waals surface area contributed by atoms with Gasteiger partial charge in [0.05, 0.1) is 16.5 Å². The van der Waals surface area contributed by atoms with Gasteiger partial charge in [-0.1, -0.05) is 42.1 Å². The maximum Gasteiger partial charge on any atom is 0.238 e. The molecule has 0 aliphatic rings. The second kappa shape index (κ2) is 8.55. The van der Waals surface area contributed by atoms with E-state index >= 15 is 0 Å². The van der Waals surface area contributed by atoms with Gasteiger partial charge in [-0.2, -0.15) is 5.26 Å². The molecule has 5 nitrogen and oxygen atoms in total. The zero-order chi connectivity index (χ0) is 20.3. The predicted octanol–water partition coefficient (Wildman–Crippen LogP) is 5.12. The number of carbonyl (C=O) groups excluding carboxylic acids is 1. The average molecular weight is 409 g/mol. The van der Waals surface area contributed by atoms with E-state index in [-0.39, 0.29) is 11.2 Å². The molecule has 0 spiro atoms. The number of amides is 1. The Bertz CT molecular complexity index is 1050. The summed E-state index contributed by atoms with van der Waals surface area (Å²) in [6.07, 6.45) is 0. The molecule has 142 valence electrons. The summed E-state index contributed by atoms with van der Waals surface area (Å²) in [5, 5.41) is 13.2. The minimum atomic E-state index is -0.368. The summed E-state index contributed by atoms with van der Waals surface area (Å²) in [6.45, 7) is 7.52. The zero-order valence-electron chi connectivity index (χ0n) is 16.1. The molecule has 0 saturated heterocycles. The Morgan fingerprint density at radius 3 is 2.61 bits per heavy atom. The number of rotatable bonds is 5. The Kier molecular flexibility index (Phi) is 6.12. The summed E-state index contributed by atoms with van der Waals surface area (Å²) in [5.74, 6) is 0.507. The number of anilines is 1. The fourth-order valence-electron chi connectivity index (χ4n) is 2.66. The molecular weight excluding hydrogens is 388 g/mol. The number of hydrogen-bond acceptors (Lipinski definition) is 6. The lowest BCUT2D eigenvalue weighted by Gasteiger charge is -2.12. The topological polar surface area (TPSA) is 78.7 Å². The number of hydrogen-bond donors (Lipinski definition) is 1. The Hall–Kier alpha value is -2.69. The van der Waals surface area contributed by atoms with Gasteiger partial charge in [0.25, 0.3) is 0 Å². The summed E-state index contributed by atoms with van der Waals surface area (Å²) < 4.78 is 0. The van der Waals surface area contributed by atoms with Gasteiger partial charge >= 0.3 is 0 Å². The highest BCUT2D eigenvalue weighted by Gasteiger charge is 2.20. The summed E-state index contributed by atoms with van der Waals surface area (Å²) in [7, 11) is 0. The van der Waals surface area contributed by atoms with Crippen molar-refractivity contribution in [2.75, 3.05) is 5.32 Å². The number of nitrogens with zero attached hydrogens (tertiary/aromatic N) is 3. The van der Waals surface area contributed by atoms with Gasteiger partial charge in [0.1, 0.15) is 21.9 Å². The van der Waals surface area contributed by atoms with Crippen molar-refractivity contribution in [3.05, 3.63) is 58.2 Å². The second-order valence-corrected chi connectivity index (χ2v) is 8.94. The molecular formula is C21H20N4OS2. The van der Waals surface area contributed by atoms with Gasteiger partial charge in [-0.15, -0.1) is 11.3 Å². The predicted molar refractivity (Wildman–Crippen MR) is 115 cm³/mol. The maximum atomic E-state index is 12.7. The van der Waals surface area contributed by atoms with Crippen LogP contribution in [0.25, 0.3) is 11.3 Å². The van der Waals surface area contributed by atoms with Crippen LogP contribution in [0.15, 0.2) is 41.4 Å². The number of aryl methyl sites for hydroxylation is 2. The third-order valence-corrected chi connectivity index (χ3v) is 6.43. The molecule has 2 aromatic heterocycles. The summed E-state index contributed by atoms with van der Waals surface area (Å²) in [4.78, 5) is 22.7. The van der Waals surface area contributed by atoms with E-state index in [1.807, 2.05) is 64.1 Å². The minimum absolute atomic E-state index is 0.153. The van der Waals surface area contributed by atoms with Gasteiger partial charge in [-0.3, -0.25) is 4.79 Å². The van der Waals surface area contributed by atoms with Crippen LogP contribution in [0.3, 0.4) is 0 Å². The number of carbonyl (C=O) groups is 1. The Morgan fingerprint density at radius 2 is 1.93 bits per heavy atom. The Morgan fingerprint density at radius 1 is 1.21 bits per heavy atom. The summed E-state index contributed by atoms with van der Waals surface area (Å²) in [5.41, 5.74) is 3.30. The van der Waals surface area contributed by atoms with Gasteiger partial charge in [-0.25, -0.2) is 9.97 Å². The molecule has 28 heavy (non-hydrogen) atoms. The van der Waals surface area contributed by atoms with Gasteiger partial charge in [0, 0.05) is 10.4 Å². The lowest BCUT2D eigenvalue weighted by atomic mass is 10.1. The molecule has 1 unspecified atom stereocenters. The molecule has 1 amide bonds. The number of nitriles is 1. The molecule has 0 radical (unpaired) electrons. The fraction of sp³-hybridized carbons (Fsp3) is 0.238. The lowest BCUT2D eigenvalue weighted by molar-refractivity contribution is -0.115. The standard InChI is InChI=1S/C21H20N4OS2/c1-12-13(2)28-21(17(12)11-22)25-20(26)14(3)27-19-10-18(23-15(4)24-19)16-8-6-5-7-9-16/h5-10,14H,1-4H3,(H,25,26). The second-order valence-electron chi connectivity index (χ2n) is 6.35. The number of benzene rings is 1. The van der Waals surface area contributed by atoms with Gasteiger partial charge in [0.15, 0.2) is 0 Å². The highest BCUT2D eigenvalue weighted by Crippen LogP contribution is 2.33. The van der Waals surface area contributed by atoms with E-state index in [0.29, 0.717) is 16.4 Å². The van der Waals surface area contributed by atoms with Gasteiger partial charge < -0.3 is 5.32 Å². The molecule has 0 aliphatic heterocycles.